The molecule has 2 heterocycles. The Morgan fingerprint density at radius 2 is 1.52 bits per heavy atom. The van der Waals surface area contributed by atoms with Crippen LogP contribution in [0, 0.1) is 11.6 Å². The summed E-state index contributed by atoms with van der Waals surface area (Å²) in [4.78, 5) is 31.0. The average molecular weight is 397 g/mol. The van der Waals surface area contributed by atoms with Crippen LogP contribution in [0.2, 0.25) is 0 Å². The number of piperazine rings is 1. The zero-order valence-electron chi connectivity index (χ0n) is 15.3. The first-order chi connectivity index (χ1) is 13.0. The first kappa shape index (κ1) is 20.1. The summed E-state index contributed by atoms with van der Waals surface area (Å²) in [5.41, 5.74) is 0. The fraction of sp³-hybridized carbons (Fsp3) is 0.579. The summed E-state index contributed by atoms with van der Waals surface area (Å²) in [5, 5.41) is 0. The van der Waals surface area contributed by atoms with E-state index in [9.17, 15) is 18.4 Å². The van der Waals surface area contributed by atoms with E-state index in [4.69, 9.17) is 0 Å². The molecule has 8 heteroatoms. The summed E-state index contributed by atoms with van der Waals surface area (Å²) in [6.07, 6.45) is 3.38. The molecule has 0 spiro atoms. The number of amides is 2. The Morgan fingerprint density at radius 3 is 2.19 bits per heavy atom. The van der Waals surface area contributed by atoms with Crippen LogP contribution in [0.25, 0.3) is 0 Å². The number of rotatable bonds is 5. The number of carbonyl (C=O) groups excluding carboxylic acids is 2. The second-order valence-corrected chi connectivity index (χ2v) is 8.01. The van der Waals surface area contributed by atoms with Crippen molar-refractivity contribution < 1.29 is 18.4 Å². The molecule has 2 amide bonds. The summed E-state index contributed by atoms with van der Waals surface area (Å²) in [6.45, 7) is 4.68. The van der Waals surface area contributed by atoms with Crippen LogP contribution in [-0.2, 0) is 9.59 Å². The molecule has 2 saturated heterocycles. The number of nitrogens with zero attached hydrogens (tertiary/aromatic N) is 3. The fourth-order valence-corrected chi connectivity index (χ4v) is 4.22. The Kier molecular flexibility index (Phi) is 7.07. The lowest BCUT2D eigenvalue weighted by Gasteiger charge is -2.36. The molecule has 2 fully saturated rings. The van der Waals surface area contributed by atoms with Gasteiger partial charge in [0.25, 0.3) is 0 Å². The van der Waals surface area contributed by atoms with Crippen LogP contribution in [0.5, 0.6) is 0 Å². The van der Waals surface area contributed by atoms with Gasteiger partial charge in [0, 0.05) is 44.2 Å². The third kappa shape index (κ3) is 5.65. The molecule has 0 bridgehead atoms. The molecule has 0 aliphatic carbocycles. The van der Waals surface area contributed by atoms with Gasteiger partial charge in [0.2, 0.25) is 11.8 Å². The van der Waals surface area contributed by atoms with Crippen LogP contribution in [0.15, 0.2) is 23.1 Å². The first-order valence-corrected chi connectivity index (χ1v) is 10.4. The van der Waals surface area contributed by atoms with Gasteiger partial charge < -0.3 is 9.80 Å². The third-order valence-corrected chi connectivity index (χ3v) is 6.02. The Labute approximate surface area is 162 Å². The maximum absolute atomic E-state index is 13.2. The minimum absolute atomic E-state index is 0.0215. The Morgan fingerprint density at radius 1 is 0.852 bits per heavy atom. The Bertz CT molecular complexity index is 675. The highest BCUT2D eigenvalue weighted by molar-refractivity contribution is 8.00. The van der Waals surface area contributed by atoms with Crippen molar-refractivity contribution in [3.8, 4) is 0 Å². The highest BCUT2D eigenvalue weighted by Crippen LogP contribution is 2.21. The number of benzene rings is 1. The summed E-state index contributed by atoms with van der Waals surface area (Å²) >= 11 is 1.20. The molecule has 0 radical (unpaired) electrons. The van der Waals surface area contributed by atoms with Crippen LogP contribution in [0.4, 0.5) is 8.78 Å². The lowest BCUT2D eigenvalue weighted by molar-refractivity contribution is -0.134. The van der Waals surface area contributed by atoms with Gasteiger partial charge in [-0.3, -0.25) is 14.5 Å². The van der Waals surface area contributed by atoms with Crippen LogP contribution in [-0.4, -0.2) is 78.1 Å². The number of halogens is 2. The second-order valence-electron chi connectivity index (χ2n) is 6.96. The van der Waals surface area contributed by atoms with E-state index in [0.717, 1.165) is 38.1 Å². The van der Waals surface area contributed by atoms with Gasteiger partial charge in [-0.05, 0) is 37.5 Å². The highest BCUT2D eigenvalue weighted by Gasteiger charge is 2.24. The quantitative estimate of drug-likeness (QED) is 0.715. The zero-order valence-corrected chi connectivity index (χ0v) is 16.1. The predicted molar refractivity (Wildman–Crippen MR) is 101 cm³/mol. The van der Waals surface area contributed by atoms with Crippen LogP contribution in [0.1, 0.15) is 19.3 Å². The molecular formula is C19H25F2N3O2S. The number of piperidine rings is 1. The van der Waals surface area contributed by atoms with E-state index >= 15 is 0 Å². The Hall–Kier alpha value is -1.67. The van der Waals surface area contributed by atoms with Crippen molar-refractivity contribution in [1.82, 2.24) is 14.7 Å². The van der Waals surface area contributed by atoms with E-state index in [1.54, 1.807) is 4.90 Å². The molecule has 0 unspecified atom stereocenters. The molecule has 27 heavy (non-hydrogen) atoms. The number of hydrogen-bond donors (Lipinski definition) is 0. The van der Waals surface area contributed by atoms with Gasteiger partial charge >= 0.3 is 0 Å². The van der Waals surface area contributed by atoms with Crippen molar-refractivity contribution in [2.45, 2.75) is 24.2 Å². The van der Waals surface area contributed by atoms with E-state index < -0.39 is 11.6 Å². The number of thioether (sulfide) groups is 1. The molecule has 5 nitrogen and oxygen atoms in total. The summed E-state index contributed by atoms with van der Waals surface area (Å²) in [5.74, 6) is -1.44. The van der Waals surface area contributed by atoms with Gasteiger partial charge in [-0.2, -0.15) is 0 Å². The van der Waals surface area contributed by atoms with Gasteiger partial charge in [0.1, 0.15) is 0 Å². The third-order valence-electron chi connectivity index (χ3n) is 5.05. The van der Waals surface area contributed by atoms with Crippen molar-refractivity contribution >= 4 is 23.6 Å². The van der Waals surface area contributed by atoms with E-state index in [2.05, 4.69) is 4.90 Å². The Balaban J connectivity index is 1.39. The number of carbonyl (C=O) groups is 2. The van der Waals surface area contributed by atoms with Crippen molar-refractivity contribution in [1.29, 1.82) is 0 Å². The molecule has 2 aliphatic rings. The molecule has 2 aliphatic heterocycles. The monoisotopic (exact) mass is 397 g/mol. The minimum atomic E-state index is -0.903. The van der Waals surface area contributed by atoms with Gasteiger partial charge in [-0.15, -0.1) is 11.8 Å². The SMILES string of the molecule is O=C(CSc1ccc(F)c(F)c1)N1CCN(CC(=O)N2CCCCC2)CC1. The van der Waals surface area contributed by atoms with Gasteiger partial charge in [-0.25, -0.2) is 8.78 Å². The molecule has 0 N–H and O–H groups in total. The predicted octanol–water partition coefficient (Wildman–Crippen LogP) is 2.21. The molecule has 0 saturated carbocycles. The first-order valence-electron chi connectivity index (χ1n) is 9.38. The van der Waals surface area contributed by atoms with E-state index in [-0.39, 0.29) is 17.6 Å². The standard InChI is InChI=1S/C19H25F2N3O2S/c20-16-5-4-15(12-17(16)21)27-14-19(26)24-10-8-22(9-11-24)13-18(25)23-6-2-1-3-7-23/h4-5,12H,1-3,6-11,13-14H2. The molecular weight excluding hydrogens is 372 g/mol. The molecule has 3 rings (SSSR count). The molecule has 148 valence electrons. The summed E-state index contributed by atoms with van der Waals surface area (Å²) in [6, 6.07) is 3.65. The maximum Gasteiger partial charge on any atom is 0.236 e. The zero-order chi connectivity index (χ0) is 19.2. The second kappa shape index (κ2) is 9.50. The largest absolute Gasteiger partial charge is 0.342 e. The molecule has 0 atom stereocenters. The summed E-state index contributed by atoms with van der Waals surface area (Å²) < 4.78 is 26.2. The lowest BCUT2D eigenvalue weighted by Crippen LogP contribution is -2.52. The van der Waals surface area contributed by atoms with Crippen molar-refractivity contribution in [3.05, 3.63) is 29.8 Å². The smallest absolute Gasteiger partial charge is 0.236 e. The van der Waals surface area contributed by atoms with E-state index in [1.807, 2.05) is 4.90 Å². The molecule has 1 aromatic carbocycles. The van der Waals surface area contributed by atoms with E-state index in [0.29, 0.717) is 37.6 Å². The number of likely N-dealkylation sites (tertiary alicyclic amines) is 1. The van der Waals surface area contributed by atoms with Crippen LogP contribution >= 0.6 is 11.8 Å². The topological polar surface area (TPSA) is 43.9 Å². The van der Waals surface area contributed by atoms with Crippen molar-refractivity contribution in [2.75, 3.05) is 51.6 Å². The van der Waals surface area contributed by atoms with Crippen LogP contribution in [0.3, 0.4) is 0 Å². The molecule has 1 aromatic rings. The highest BCUT2D eigenvalue weighted by atomic mass is 32.2. The van der Waals surface area contributed by atoms with Gasteiger partial charge in [0.15, 0.2) is 11.6 Å². The average Bonchev–Trinajstić information content (AvgIpc) is 2.70. The van der Waals surface area contributed by atoms with Crippen LogP contribution < -0.4 is 0 Å². The normalized spacial score (nSPS) is 18.6. The van der Waals surface area contributed by atoms with Crippen molar-refractivity contribution in [2.24, 2.45) is 0 Å². The minimum Gasteiger partial charge on any atom is -0.342 e. The van der Waals surface area contributed by atoms with Crippen molar-refractivity contribution in [3.63, 3.8) is 0 Å². The van der Waals surface area contributed by atoms with Gasteiger partial charge in [-0.1, -0.05) is 0 Å². The fourth-order valence-electron chi connectivity index (χ4n) is 3.39. The summed E-state index contributed by atoms with van der Waals surface area (Å²) in [7, 11) is 0. The lowest BCUT2D eigenvalue weighted by atomic mass is 10.1. The number of hydrogen-bond acceptors (Lipinski definition) is 4. The van der Waals surface area contributed by atoms with E-state index in [1.165, 1.54) is 24.2 Å². The molecule has 0 aromatic heterocycles. The van der Waals surface area contributed by atoms with Gasteiger partial charge in [0.05, 0.1) is 12.3 Å². The maximum atomic E-state index is 13.2.